The molecule has 4 aromatic rings. The molecule has 6 heteroatoms. The summed E-state index contributed by atoms with van der Waals surface area (Å²) in [5.41, 5.74) is 7.12. The highest BCUT2D eigenvalue weighted by Gasteiger charge is 2.29. The number of amides is 1. The Labute approximate surface area is 180 Å². The van der Waals surface area contributed by atoms with E-state index in [2.05, 4.69) is 16.5 Å². The lowest BCUT2D eigenvalue weighted by Crippen LogP contribution is -2.23. The largest absolute Gasteiger partial charge is 0.455 e. The average Bonchev–Trinajstić information content (AvgIpc) is 3.34. The van der Waals surface area contributed by atoms with Crippen molar-refractivity contribution in [2.45, 2.75) is 39.8 Å². The van der Waals surface area contributed by atoms with Gasteiger partial charge in [0.1, 0.15) is 5.76 Å². The highest BCUT2D eigenvalue weighted by atomic mass is 16.4. The van der Waals surface area contributed by atoms with Crippen molar-refractivity contribution in [3.63, 3.8) is 0 Å². The number of nitrogens with one attached hydrogen (secondary N) is 1. The molecule has 1 aromatic carbocycles. The predicted molar refractivity (Wildman–Crippen MR) is 118 cm³/mol. The number of pyridine rings is 1. The molecule has 1 aliphatic rings. The van der Waals surface area contributed by atoms with Crippen molar-refractivity contribution in [3.05, 3.63) is 94.3 Å². The summed E-state index contributed by atoms with van der Waals surface area (Å²) in [4.78, 5) is 17.2. The molecule has 0 bridgehead atoms. The summed E-state index contributed by atoms with van der Waals surface area (Å²) in [6, 6.07) is 14.0. The van der Waals surface area contributed by atoms with E-state index in [1.54, 1.807) is 6.20 Å². The van der Waals surface area contributed by atoms with Gasteiger partial charge in [-0.05, 0) is 43.5 Å². The van der Waals surface area contributed by atoms with Crippen LogP contribution in [-0.2, 0) is 25.9 Å². The fourth-order valence-corrected chi connectivity index (χ4v) is 4.09. The topological polar surface area (TPSA) is 73.0 Å². The minimum Gasteiger partial charge on any atom is -0.455 e. The number of fused-ring (bicyclic) bond motifs is 3. The Hall–Kier alpha value is -3.67. The number of furan rings is 1. The molecule has 0 saturated heterocycles. The Bertz CT molecular complexity index is 1240. The van der Waals surface area contributed by atoms with Crippen LogP contribution in [-0.4, -0.2) is 20.7 Å². The van der Waals surface area contributed by atoms with Crippen molar-refractivity contribution >= 4 is 5.91 Å². The van der Waals surface area contributed by atoms with Gasteiger partial charge in [0.05, 0.1) is 17.9 Å². The van der Waals surface area contributed by atoms with Gasteiger partial charge in [0.2, 0.25) is 0 Å². The van der Waals surface area contributed by atoms with Crippen LogP contribution in [0.5, 0.6) is 0 Å². The number of carbonyl (C=O) groups excluding carboxylic acids is 1. The molecule has 0 saturated carbocycles. The number of nitrogens with zero attached hydrogens (tertiary/aromatic N) is 3. The second-order valence-electron chi connectivity index (χ2n) is 8.04. The lowest BCUT2D eigenvalue weighted by atomic mass is 9.93. The Morgan fingerprint density at radius 3 is 2.74 bits per heavy atom. The molecule has 0 atom stereocenters. The van der Waals surface area contributed by atoms with Gasteiger partial charge >= 0.3 is 0 Å². The van der Waals surface area contributed by atoms with Gasteiger partial charge in [-0.15, -0.1) is 0 Å². The minimum atomic E-state index is -0.193. The summed E-state index contributed by atoms with van der Waals surface area (Å²) < 4.78 is 7.94. The molecular weight excluding hydrogens is 388 g/mol. The number of benzene rings is 1. The molecule has 3 aromatic heterocycles. The van der Waals surface area contributed by atoms with Gasteiger partial charge in [-0.3, -0.25) is 14.5 Å². The molecule has 0 unspecified atom stereocenters. The minimum absolute atomic E-state index is 0.193. The SMILES string of the molecule is Cc1ccc(CNC(=O)c2oc3c(c2C)-c2nn(Cc4ccccn4)cc2CC3)cc1. The number of aromatic nitrogens is 3. The van der Waals surface area contributed by atoms with Crippen LogP contribution in [0.3, 0.4) is 0 Å². The van der Waals surface area contributed by atoms with Gasteiger partial charge < -0.3 is 9.73 Å². The van der Waals surface area contributed by atoms with Crippen molar-refractivity contribution in [1.82, 2.24) is 20.1 Å². The number of rotatable bonds is 5. The molecule has 3 heterocycles. The molecule has 31 heavy (non-hydrogen) atoms. The van der Waals surface area contributed by atoms with Gasteiger partial charge in [-0.1, -0.05) is 35.9 Å². The highest BCUT2D eigenvalue weighted by molar-refractivity contribution is 5.95. The lowest BCUT2D eigenvalue weighted by molar-refractivity contribution is 0.0920. The van der Waals surface area contributed by atoms with E-state index in [0.29, 0.717) is 18.8 Å². The fourth-order valence-electron chi connectivity index (χ4n) is 4.09. The summed E-state index contributed by atoms with van der Waals surface area (Å²) in [6.45, 7) is 5.07. The van der Waals surface area contributed by atoms with Gasteiger partial charge in [-0.2, -0.15) is 5.10 Å². The zero-order valence-electron chi connectivity index (χ0n) is 17.7. The average molecular weight is 412 g/mol. The van der Waals surface area contributed by atoms with E-state index >= 15 is 0 Å². The maximum atomic E-state index is 12.8. The first-order chi connectivity index (χ1) is 15.1. The number of aryl methyl sites for hydroxylation is 3. The van der Waals surface area contributed by atoms with E-state index in [1.807, 2.05) is 61.0 Å². The number of hydrogen-bond acceptors (Lipinski definition) is 4. The van der Waals surface area contributed by atoms with Crippen LogP contribution in [0.25, 0.3) is 11.3 Å². The molecule has 1 aliphatic carbocycles. The maximum Gasteiger partial charge on any atom is 0.287 e. The molecule has 0 aliphatic heterocycles. The fraction of sp³-hybridized carbons (Fsp3) is 0.240. The van der Waals surface area contributed by atoms with Gasteiger partial charge in [-0.25, -0.2) is 0 Å². The first-order valence-corrected chi connectivity index (χ1v) is 10.5. The van der Waals surface area contributed by atoms with Crippen LogP contribution < -0.4 is 5.32 Å². The Morgan fingerprint density at radius 2 is 1.97 bits per heavy atom. The van der Waals surface area contributed by atoms with Crippen molar-refractivity contribution in [3.8, 4) is 11.3 Å². The third-order valence-corrected chi connectivity index (χ3v) is 5.75. The van der Waals surface area contributed by atoms with Crippen LogP contribution in [0.15, 0.2) is 59.3 Å². The standard InChI is InChI=1S/C25H24N4O2/c1-16-6-8-18(9-7-16)13-27-25(30)24-17(2)22-21(31-24)11-10-19-14-29(28-23(19)22)15-20-5-3-4-12-26-20/h3-9,12,14H,10-11,13,15H2,1-2H3,(H,27,30). The molecule has 1 amide bonds. The van der Waals surface area contributed by atoms with Gasteiger partial charge in [0.25, 0.3) is 5.91 Å². The van der Waals surface area contributed by atoms with Gasteiger partial charge in [0.15, 0.2) is 5.76 Å². The third kappa shape index (κ3) is 3.77. The quantitative estimate of drug-likeness (QED) is 0.532. The summed E-state index contributed by atoms with van der Waals surface area (Å²) in [7, 11) is 0. The smallest absolute Gasteiger partial charge is 0.287 e. The van der Waals surface area contributed by atoms with Crippen LogP contribution in [0.2, 0.25) is 0 Å². The summed E-state index contributed by atoms with van der Waals surface area (Å²) in [5.74, 6) is 1.03. The third-order valence-electron chi connectivity index (χ3n) is 5.75. The van der Waals surface area contributed by atoms with Crippen molar-refractivity contribution in [2.24, 2.45) is 0 Å². The van der Waals surface area contributed by atoms with E-state index in [1.165, 1.54) is 11.1 Å². The van der Waals surface area contributed by atoms with Crippen molar-refractivity contribution < 1.29 is 9.21 Å². The zero-order valence-corrected chi connectivity index (χ0v) is 17.7. The number of hydrogen-bond donors (Lipinski definition) is 1. The highest BCUT2D eigenvalue weighted by Crippen LogP contribution is 2.38. The normalized spacial score (nSPS) is 12.3. The Balaban J connectivity index is 1.38. The molecule has 0 spiro atoms. The summed E-state index contributed by atoms with van der Waals surface area (Å²) >= 11 is 0. The van der Waals surface area contributed by atoms with E-state index in [9.17, 15) is 4.79 Å². The second kappa shape index (κ2) is 7.87. The molecule has 1 N–H and O–H groups in total. The van der Waals surface area contributed by atoms with Crippen LogP contribution in [0, 0.1) is 13.8 Å². The first-order valence-electron chi connectivity index (χ1n) is 10.5. The van der Waals surface area contributed by atoms with Crippen molar-refractivity contribution in [2.75, 3.05) is 0 Å². The molecular formula is C25H24N4O2. The second-order valence-corrected chi connectivity index (χ2v) is 8.04. The maximum absolute atomic E-state index is 12.8. The van der Waals surface area contributed by atoms with Crippen molar-refractivity contribution in [1.29, 1.82) is 0 Å². The molecule has 6 nitrogen and oxygen atoms in total. The van der Waals surface area contributed by atoms with E-state index < -0.39 is 0 Å². The first kappa shape index (κ1) is 19.3. The van der Waals surface area contributed by atoms with Crippen LogP contribution in [0.4, 0.5) is 0 Å². The number of carbonyl (C=O) groups is 1. The predicted octanol–water partition coefficient (Wildman–Crippen LogP) is 4.23. The molecule has 156 valence electrons. The summed E-state index contributed by atoms with van der Waals surface area (Å²) in [5, 5.41) is 7.79. The monoisotopic (exact) mass is 412 g/mol. The van der Waals surface area contributed by atoms with Crippen LogP contribution in [0.1, 0.15) is 44.3 Å². The van der Waals surface area contributed by atoms with E-state index in [-0.39, 0.29) is 5.91 Å². The molecule has 0 fully saturated rings. The van der Waals surface area contributed by atoms with Crippen LogP contribution >= 0.6 is 0 Å². The summed E-state index contributed by atoms with van der Waals surface area (Å²) in [6.07, 6.45) is 5.49. The van der Waals surface area contributed by atoms with E-state index in [4.69, 9.17) is 9.52 Å². The lowest BCUT2D eigenvalue weighted by Gasteiger charge is -2.09. The molecule has 5 rings (SSSR count). The zero-order chi connectivity index (χ0) is 21.4. The molecule has 0 radical (unpaired) electrons. The Kier molecular flexibility index (Phi) is 4.90. The van der Waals surface area contributed by atoms with E-state index in [0.717, 1.165) is 46.7 Å². The van der Waals surface area contributed by atoms with Gasteiger partial charge in [0, 0.05) is 36.5 Å². The Morgan fingerprint density at radius 1 is 1.13 bits per heavy atom.